The van der Waals surface area contributed by atoms with Crippen molar-refractivity contribution in [3.63, 3.8) is 0 Å². The third-order valence-electron chi connectivity index (χ3n) is 11.7. The second-order valence-corrected chi connectivity index (χ2v) is 57.4. The molecule has 3 aliphatic rings. The summed E-state index contributed by atoms with van der Waals surface area (Å²) < 4.78 is 0.288. The number of halogens is 2. The average Bonchev–Trinajstić information content (AvgIpc) is 3.60. The van der Waals surface area contributed by atoms with E-state index in [2.05, 4.69) is 121 Å². The fourth-order valence-corrected chi connectivity index (χ4v) is 41.2. The molecule has 6 rings (SSSR count). The first-order valence-electron chi connectivity index (χ1n) is 17.3. The normalized spacial score (nSPS) is 21.9. The van der Waals surface area contributed by atoms with E-state index in [1.807, 2.05) is 0 Å². The molecule has 0 heterocycles. The maximum absolute atomic E-state index is 8.56. The van der Waals surface area contributed by atoms with E-state index in [-0.39, 0.29) is 7.25 Å². The molecule has 0 aliphatic heterocycles. The van der Waals surface area contributed by atoms with Gasteiger partial charge in [-0.1, -0.05) is 0 Å². The zero-order valence-electron chi connectivity index (χ0n) is 27.9. The molecule has 0 N–H and O–H groups in total. The molecule has 0 radical (unpaired) electrons. The maximum atomic E-state index is 8.56. The van der Waals surface area contributed by atoms with Crippen LogP contribution in [0.25, 0.3) is 23.3 Å². The number of fused-ring (bicyclic) bond motifs is 2. The zero-order valence-corrected chi connectivity index (χ0v) is 33.0. The summed E-state index contributed by atoms with van der Waals surface area (Å²) in [5.41, 5.74) is 14.0. The molecule has 3 aromatic carbocycles. The van der Waals surface area contributed by atoms with Crippen molar-refractivity contribution >= 4 is 35.1 Å². The minimum atomic E-state index is -4.70. The summed E-state index contributed by atoms with van der Waals surface area (Å²) in [4.78, 5) is 0. The van der Waals surface area contributed by atoms with E-state index in [1.54, 1.807) is 0 Å². The summed E-state index contributed by atoms with van der Waals surface area (Å²) in [6, 6.07) is 23.4. The molecule has 3 aromatic rings. The Balaban J connectivity index is 1.48. The van der Waals surface area contributed by atoms with Gasteiger partial charge < -0.3 is 0 Å². The monoisotopic (exact) mass is 719 g/mol. The molecule has 1 fully saturated rings. The van der Waals surface area contributed by atoms with Crippen LogP contribution in [0.2, 0.25) is 13.1 Å². The van der Waals surface area contributed by atoms with Crippen LogP contribution in [0.15, 0.2) is 71.8 Å². The van der Waals surface area contributed by atoms with Crippen molar-refractivity contribution in [2.75, 3.05) is 0 Å². The molecule has 0 saturated heterocycles. The van der Waals surface area contributed by atoms with Gasteiger partial charge in [0.15, 0.2) is 0 Å². The van der Waals surface area contributed by atoms with E-state index in [1.165, 1.54) is 87.8 Å². The Morgan fingerprint density at radius 3 is 2.05 bits per heavy atom. The predicted molar refractivity (Wildman–Crippen MR) is 195 cm³/mol. The van der Waals surface area contributed by atoms with Gasteiger partial charge in [0.05, 0.1) is 0 Å². The first-order valence-corrected chi connectivity index (χ1v) is 33.6. The molecule has 0 amide bonds. The van der Waals surface area contributed by atoms with Crippen LogP contribution in [-0.2, 0) is 15.6 Å². The third kappa shape index (κ3) is 5.27. The SMILES string of the molecule is CCC(C)c1cccc2c1C=C(C(C)C)[CH]2[Zr]([Cl])([Cl])([CH]1C(C)=Cc2c(-c3ccc(C4CCCCC4)cc3)cccc21)[SiH](C)C. The molecule has 3 atom stereocenters. The van der Waals surface area contributed by atoms with Crippen LogP contribution in [0, 0.1) is 5.92 Å². The molecule has 3 aliphatic carbocycles. The molecule has 0 aromatic heterocycles. The molecule has 44 heavy (non-hydrogen) atoms. The number of allylic oxidation sites excluding steroid dienone is 2. The van der Waals surface area contributed by atoms with Gasteiger partial charge in [-0.15, -0.1) is 0 Å². The van der Waals surface area contributed by atoms with Crippen molar-refractivity contribution in [2.45, 2.75) is 105 Å². The third-order valence-corrected chi connectivity index (χ3v) is 63.7. The van der Waals surface area contributed by atoms with Crippen LogP contribution in [0.4, 0.5) is 0 Å². The summed E-state index contributed by atoms with van der Waals surface area (Å²) in [6.45, 7) is 16.6. The topological polar surface area (TPSA) is 0 Å². The molecular formula is C40H51Cl2SiZr. The predicted octanol–water partition coefficient (Wildman–Crippen LogP) is 13.1. The van der Waals surface area contributed by atoms with Gasteiger partial charge in [-0.2, -0.15) is 0 Å². The van der Waals surface area contributed by atoms with Crippen molar-refractivity contribution < 1.29 is 15.6 Å². The van der Waals surface area contributed by atoms with Gasteiger partial charge in [0.2, 0.25) is 0 Å². The number of hydrogen-bond acceptors (Lipinski definition) is 0. The summed E-state index contributed by atoms with van der Waals surface area (Å²) in [6.07, 6.45) is 12.9. The van der Waals surface area contributed by atoms with E-state index in [4.69, 9.17) is 17.0 Å². The van der Waals surface area contributed by atoms with Crippen LogP contribution < -0.4 is 0 Å². The van der Waals surface area contributed by atoms with Crippen molar-refractivity contribution in [1.82, 2.24) is 0 Å². The molecule has 1 saturated carbocycles. The summed E-state index contributed by atoms with van der Waals surface area (Å²) in [5.74, 6) is 0.0735. The second-order valence-electron chi connectivity index (χ2n) is 14.9. The van der Waals surface area contributed by atoms with Crippen molar-refractivity contribution in [3.05, 3.63) is 105 Å². The minimum absolute atomic E-state index is 0.133. The van der Waals surface area contributed by atoms with Gasteiger partial charge in [-0.05, 0) is 0 Å². The van der Waals surface area contributed by atoms with E-state index in [0.717, 1.165) is 12.3 Å². The van der Waals surface area contributed by atoms with Crippen LogP contribution in [0.1, 0.15) is 126 Å². The van der Waals surface area contributed by atoms with Crippen molar-refractivity contribution in [3.8, 4) is 11.1 Å². The van der Waals surface area contributed by atoms with Crippen LogP contribution in [0.3, 0.4) is 0 Å². The first kappa shape index (κ1) is 32.7. The standard InChI is InChI=1S/C22H23.C16H21.C2H7Si.2ClH.Zr/c1-16-14-20-8-5-9-21(22(20)15-16)19-12-10-18(11-13-19)17-6-3-2-4-7-17;1-5-12(4)15-8-6-7-13-9-14(11(2)3)10-16(13)15;1-3-2;;;/h5,8-15,17H,2-4,6-7H2,1H3;6-12H,5H2,1-4H3;3H,1-2H3;2*1H;/q;;;;;+2/p-2. The summed E-state index contributed by atoms with van der Waals surface area (Å²) in [5, 5.41) is 0. The number of rotatable bonds is 8. The first-order chi connectivity index (χ1) is 21.0. The van der Waals surface area contributed by atoms with Gasteiger partial charge in [0.1, 0.15) is 0 Å². The summed E-state index contributed by atoms with van der Waals surface area (Å²) >= 11 is -4.70. The Hall–Kier alpha value is -1.18. The van der Waals surface area contributed by atoms with Gasteiger partial charge in [-0.3, -0.25) is 0 Å². The van der Waals surface area contributed by atoms with E-state index >= 15 is 0 Å². The molecule has 0 bridgehead atoms. The van der Waals surface area contributed by atoms with E-state index < -0.39 is 21.5 Å². The molecule has 3 unspecified atom stereocenters. The van der Waals surface area contributed by atoms with Crippen LogP contribution >= 0.6 is 17.0 Å². The van der Waals surface area contributed by atoms with Crippen LogP contribution in [-0.4, -0.2) is 5.92 Å². The van der Waals surface area contributed by atoms with Crippen LogP contribution in [0.5, 0.6) is 0 Å². The molecule has 4 heteroatoms. The molecule has 0 nitrogen and oxygen atoms in total. The van der Waals surface area contributed by atoms with Crippen molar-refractivity contribution in [2.24, 2.45) is 5.92 Å². The Kier molecular flexibility index (Phi) is 9.26. The second kappa shape index (κ2) is 12.4. The van der Waals surface area contributed by atoms with E-state index in [9.17, 15) is 0 Å². The summed E-state index contributed by atoms with van der Waals surface area (Å²) in [7, 11) is 17.1. The Bertz CT molecular complexity index is 1610. The van der Waals surface area contributed by atoms with Crippen molar-refractivity contribution in [1.29, 1.82) is 0 Å². The fourth-order valence-electron chi connectivity index (χ4n) is 8.95. The van der Waals surface area contributed by atoms with Gasteiger partial charge in [-0.25, -0.2) is 0 Å². The fraction of sp³-hybridized carbons (Fsp3) is 0.450. The zero-order chi connectivity index (χ0) is 31.4. The van der Waals surface area contributed by atoms with Gasteiger partial charge in [0, 0.05) is 0 Å². The van der Waals surface area contributed by atoms with Gasteiger partial charge in [0.25, 0.3) is 0 Å². The average molecular weight is 722 g/mol. The number of hydrogen-bond donors (Lipinski definition) is 0. The Morgan fingerprint density at radius 1 is 0.795 bits per heavy atom. The molecule has 233 valence electrons. The van der Waals surface area contributed by atoms with E-state index in [0.29, 0.717) is 11.8 Å². The Morgan fingerprint density at radius 2 is 1.43 bits per heavy atom. The number of benzene rings is 3. The molecular weight excluding hydrogens is 671 g/mol. The Labute approximate surface area is 276 Å². The quantitative estimate of drug-likeness (QED) is 0.203. The molecule has 0 spiro atoms. The van der Waals surface area contributed by atoms with Gasteiger partial charge >= 0.3 is 278 Å².